The van der Waals surface area contributed by atoms with E-state index in [0.29, 0.717) is 5.69 Å². The van der Waals surface area contributed by atoms with Crippen LogP contribution in [0.1, 0.15) is 58.3 Å². The molecule has 130 valence electrons. The van der Waals surface area contributed by atoms with Gasteiger partial charge in [0.05, 0.1) is 0 Å². The first-order valence-electron chi connectivity index (χ1n) is 7.89. The summed E-state index contributed by atoms with van der Waals surface area (Å²) in [5, 5.41) is 10.4. The van der Waals surface area contributed by atoms with Crippen molar-refractivity contribution in [3.63, 3.8) is 0 Å². The van der Waals surface area contributed by atoms with Crippen molar-refractivity contribution < 1.29 is 13.6 Å². The molecule has 0 spiro atoms. The van der Waals surface area contributed by atoms with Gasteiger partial charge < -0.3 is 10.6 Å². The minimum absolute atomic E-state index is 0.0384. The number of nitrogens with zero attached hydrogens (tertiary/aromatic N) is 2. The van der Waals surface area contributed by atoms with Gasteiger partial charge in [0.1, 0.15) is 12.2 Å². The molecule has 1 aromatic heterocycles. The number of hydrogen-bond donors (Lipinski definition) is 2. The number of aromatic nitrogens is 2. The van der Waals surface area contributed by atoms with E-state index in [0.717, 1.165) is 12.8 Å². The zero-order chi connectivity index (χ0) is 17.4. The van der Waals surface area contributed by atoms with E-state index in [9.17, 15) is 13.6 Å². The summed E-state index contributed by atoms with van der Waals surface area (Å²) >= 11 is 0. The van der Waals surface area contributed by atoms with E-state index in [1.165, 1.54) is 10.7 Å². The van der Waals surface area contributed by atoms with Crippen LogP contribution in [0.15, 0.2) is 6.07 Å². The van der Waals surface area contributed by atoms with E-state index in [4.69, 9.17) is 0 Å². The van der Waals surface area contributed by atoms with E-state index < -0.39 is 6.43 Å². The summed E-state index contributed by atoms with van der Waals surface area (Å²) in [6, 6.07) is 1.37. The number of carbonyl (C=O) groups excluding carboxylic acids is 1. The Morgan fingerprint density at radius 3 is 2.43 bits per heavy atom. The number of amides is 1. The quantitative estimate of drug-likeness (QED) is 0.893. The van der Waals surface area contributed by atoms with Crippen molar-refractivity contribution in [3.05, 3.63) is 17.5 Å². The molecule has 1 amide bonds. The highest BCUT2D eigenvalue weighted by Gasteiger charge is 2.38. The van der Waals surface area contributed by atoms with Crippen LogP contribution in [0.5, 0.6) is 0 Å². The summed E-state index contributed by atoms with van der Waals surface area (Å²) in [4.78, 5) is 12.3. The van der Waals surface area contributed by atoms with Crippen LogP contribution in [0.2, 0.25) is 0 Å². The molecular weight excluding hydrogens is 302 g/mol. The minimum atomic E-state index is -2.62. The van der Waals surface area contributed by atoms with E-state index >= 15 is 0 Å². The second kappa shape index (κ2) is 6.19. The van der Waals surface area contributed by atoms with Crippen molar-refractivity contribution in [1.82, 2.24) is 20.4 Å². The Labute approximate surface area is 135 Å². The molecule has 0 aromatic carbocycles. The molecule has 0 unspecified atom stereocenters. The highest BCUT2D eigenvalue weighted by atomic mass is 19.3. The lowest BCUT2D eigenvalue weighted by atomic mass is 9.79. The lowest BCUT2D eigenvalue weighted by molar-refractivity contribution is -0.123. The summed E-state index contributed by atoms with van der Waals surface area (Å²) < 4.78 is 26.6. The Kier molecular flexibility index (Phi) is 4.80. The molecule has 1 aliphatic rings. The highest BCUT2D eigenvalue weighted by molar-refractivity contribution is 5.76. The fourth-order valence-corrected chi connectivity index (χ4v) is 3.64. The maximum Gasteiger partial charge on any atom is 0.282 e. The average Bonchev–Trinajstić information content (AvgIpc) is 2.66. The van der Waals surface area contributed by atoms with E-state index in [2.05, 4.69) is 43.4 Å². The summed E-state index contributed by atoms with van der Waals surface area (Å²) in [5.41, 5.74) is 0.134. The molecule has 23 heavy (non-hydrogen) atoms. The van der Waals surface area contributed by atoms with Crippen molar-refractivity contribution >= 4 is 5.91 Å². The number of hydrogen-bond acceptors (Lipinski definition) is 3. The Morgan fingerprint density at radius 2 is 1.96 bits per heavy atom. The summed E-state index contributed by atoms with van der Waals surface area (Å²) in [7, 11) is 0. The summed E-state index contributed by atoms with van der Waals surface area (Å²) in [6.07, 6.45) is -0.977. The second-order valence-electron chi connectivity index (χ2n) is 7.73. The van der Waals surface area contributed by atoms with Crippen LogP contribution in [0.4, 0.5) is 8.78 Å². The molecule has 0 radical (unpaired) electrons. The van der Waals surface area contributed by atoms with Gasteiger partial charge in [-0.2, -0.15) is 5.10 Å². The number of nitrogens with one attached hydrogen (secondary N) is 2. The van der Waals surface area contributed by atoms with Crippen molar-refractivity contribution in [2.24, 2.45) is 0 Å². The third-order valence-corrected chi connectivity index (χ3v) is 4.07. The number of aryl methyl sites for hydroxylation is 1. The molecule has 7 heteroatoms. The molecule has 2 rings (SSSR count). The van der Waals surface area contributed by atoms with Gasteiger partial charge in [0.2, 0.25) is 5.91 Å². The number of alkyl halides is 2. The van der Waals surface area contributed by atoms with Crippen LogP contribution < -0.4 is 10.6 Å². The van der Waals surface area contributed by atoms with Gasteiger partial charge in [0, 0.05) is 22.8 Å². The lowest BCUT2D eigenvalue weighted by Crippen LogP contribution is -2.62. The van der Waals surface area contributed by atoms with Gasteiger partial charge in [0.15, 0.2) is 0 Å². The van der Waals surface area contributed by atoms with Gasteiger partial charge in [-0.1, -0.05) is 0 Å². The van der Waals surface area contributed by atoms with Gasteiger partial charge in [-0.05, 0) is 53.5 Å². The predicted octanol–water partition coefficient (Wildman–Crippen LogP) is 2.55. The molecular formula is C16H26F2N4O. The molecule has 0 aliphatic carbocycles. The van der Waals surface area contributed by atoms with Crippen LogP contribution in [-0.4, -0.2) is 32.8 Å². The second-order valence-corrected chi connectivity index (χ2v) is 7.73. The maximum absolute atomic E-state index is 12.7. The molecule has 2 heterocycles. The summed E-state index contributed by atoms with van der Waals surface area (Å²) in [6.45, 7) is 10.1. The van der Waals surface area contributed by atoms with Crippen molar-refractivity contribution in [3.8, 4) is 0 Å². The van der Waals surface area contributed by atoms with Gasteiger partial charge >= 0.3 is 0 Å². The minimum Gasteiger partial charge on any atom is -0.352 e. The van der Waals surface area contributed by atoms with Crippen LogP contribution >= 0.6 is 0 Å². The normalized spacial score (nSPS) is 20.7. The van der Waals surface area contributed by atoms with E-state index in [1.54, 1.807) is 6.92 Å². The highest BCUT2D eigenvalue weighted by Crippen LogP contribution is 2.28. The first-order chi connectivity index (χ1) is 10.5. The standard InChI is InChI=1S/C16H26F2N4O/c1-10-6-12(14(17)18)20-22(10)9-13(23)19-11-7-15(2,3)21-16(4,5)8-11/h6,11,14,21H,7-9H2,1-5H3,(H,19,23). The Morgan fingerprint density at radius 1 is 1.39 bits per heavy atom. The van der Waals surface area contributed by atoms with Crippen LogP contribution in [0.25, 0.3) is 0 Å². The Hall–Kier alpha value is -1.50. The van der Waals surface area contributed by atoms with Crippen LogP contribution in [0.3, 0.4) is 0 Å². The fraction of sp³-hybridized carbons (Fsp3) is 0.750. The number of rotatable bonds is 4. The van der Waals surface area contributed by atoms with Crippen molar-refractivity contribution in [1.29, 1.82) is 0 Å². The van der Waals surface area contributed by atoms with Gasteiger partial charge in [-0.3, -0.25) is 9.48 Å². The van der Waals surface area contributed by atoms with Gasteiger partial charge in [-0.25, -0.2) is 8.78 Å². The maximum atomic E-state index is 12.7. The first-order valence-corrected chi connectivity index (χ1v) is 7.89. The number of piperidine rings is 1. The Balaban J connectivity index is 1.99. The first kappa shape index (κ1) is 17.8. The number of halogens is 2. The zero-order valence-electron chi connectivity index (χ0n) is 14.4. The van der Waals surface area contributed by atoms with Crippen LogP contribution in [-0.2, 0) is 11.3 Å². The summed E-state index contributed by atoms with van der Waals surface area (Å²) in [5.74, 6) is -0.199. The molecule has 1 saturated heterocycles. The molecule has 1 aliphatic heterocycles. The molecule has 5 nitrogen and oxygen atoms in total. The largest absolute Gasteiger partial charge is 0.352 e. The average molecular weight is 328 g/mol. The van der Waals surface area contributed by atoms with E-state index in [1.807, 2.05) is 0 Å². The molecule has 0 atom stereocenters. The molecule has 0 bridgehead atoms. The SMILES string of the molecule is Cc1cc(C(F)F)nn1CC(=O)NC1CC(C)(C)NC(C)(C)C1. The van der Waals surface area contributed by atoms with Gasteiger partial charge in [-0.15, -0.1) is 0 Å². The van der Waals surface area contributed by atoms with Gasteiger partial charge in [0.25, 0.3) is 6.43 Å². The fourth-order valence-electron chi connectivity index (χ4n) is 3.64. The van der Waals surface area contributed by atoms with Crippen molar-refractivity contribution in [2.75, 3.05) is 0 Å². The van der Waals surface area contributed by atoms with Crippen LogP contribution in [0, 0.1) is 6.92 Å². The molecule has 0 saturated carbocycles. The smallest absolute Gasteiger partial charge is 0.282 e. The topological polar surface area (TPSA) is 59.0 Å². The lowest BCUT2D eigenvalue weighted by Gasteiger charge is -2.46. The van der Waals surface area contributed by atoms with E-state index in [-0.39, 0.29) is 35.3 Å². The zero-order valence-corrected chi connectivity index (χ0v) is 14.4. The molecule has 2 N–H and O–H groups in total. The van der Waals surface area contributed by atoms with Crippen molar-refractivity contribution in [2.45, 2.75) is 77.6 Å². The Bertz CT molecular complexity index is 565. The third kappa shape index (κ3) is 4.73. The predicted molar refractivity (Wildman–Crippen MR) is 84.4 cm³/mol. The number of carbonyl (C=O) groups is 1. The molecule has 1 aromatic rings. The monoisotopic (exact) mass is 328 g/mol. The third-order valence-electron chi connectivity index (χ3n) is 4.07. The molecule has 1 fully saturated rings.